The van der Waals surface area contributed by atoms with Gasteiger partial charge in [0.25, 0.3) is 0 Å². The number of aryl methyl sites for hydroxylation is 1. The highest BCUT2D eigenvalue weighted by Crippen LogP contribution is 2.35. The molecule has 3 aromatic rings. The highest BCUT2D eigenvalue weighted by atomic mass is 35.5. The Kier molecular flexibility index (Phi) is 6.05. The molecule has 8 heteroatoms. The number of hydrogen-bond acceptors (Lipinski definition) is 3. The minimum absolute atomic E-state index is 0.106. The predicted octanol–water partition coefficient (Wildman–Crippen LogP) is 5.52. The number of hydrogen-bond donors (Lipinski definition) is 0. The van der Waals surface area contributed by atoms with Gasteiger partial charge < -0.3 is 9.64 Å². The van der Waals surface area contributed by atoms with E-state index in [1.165, 1.54) is 12.1 Å². The minimum atomic E-state index is -4.52. The van der Waals surface area contributed by atoms with Crippen LogP contribution in [-0.2, 0) is 17.4 Å². The largest absolute Gasteiger partial charge is 0.486 e. The molecule has 1 atom stereocenters. The van der Waals surface area contributed by atoms with Crippen LogP contribution in [0.25, 0.3) is 10.9 Å². The second-order valence-corrected chi connectivity index (χ2v) is 7.92. The third kappa shape index (κ3) is 4.93. The molecule has 0 aliphatic carbocycles. The lowest BCUT2D eigenvalue weighted by molar-refractivity contribution is -0.137. The highest BCUT2D eigenvalue weighted by molar-refractivity contribution is 6.31. The molecule has 1 aliphatic rings. The van der Waals surface area contributed by atoms with Crippen molar-refractivity contribution in [1.29, 1.82) is 0 Å². The van der Waals surface area contributed by atoms with Crippen LogP contribution in [0.1, 0.15) is 24.0 Å². The van der Waals surface area contributed by atoms with Crippen LogP contribution in [0.5, 0.6) is 5.75 Å². The van der Waals surface area contributed by atoms with Gasteiger partial charge in [-0.1, -0.05) is 35.9 Å². The average molecular weight is 449 g/mol. The maximum atomic E-state index is 13.0. The summed E-state index contributed by atoms with van der Waals surface area (Å²) >= 11 is 5.65. The van der Waals surface area contributed by atoms with Gasteiger partial charge in [-0.05, 0) is 36.2 Å². The van der Waals surface area contributed by atoms with E-state index in [0.29, 0.717) is 30.8 Å². The summed E-state index contributed by atoms with van der Waals surface area (Å²) < 4.78 is 45.1. The van der Waals surface area contributed by atoms with E-state index in [-0.39, 0.29) is 29.9 Å². The van der Waals surface area contributed by atoms with Crippen molar-refractivity contribution in [2.45, 2.75) is 31.5 Å². The zero-order chi connectivity index (χ0) is 22.0. The maximum absolute atomic E-state index is 13.0. The van der Waals surface area contributed by atoms with Gasteiger partial charge in [0.2, 0.25) is 5.91 Å². The van der Waals surface area contributed by atoms with Gasteiger partial charge in [0.1, 0.15) is 17.4 Å². The number of nitrogens with zero attached hydrogens (tertiary/aromatic N) is 2. The topological polar surface area (TPSA) is 42.4 Å². The van der Waals surface area contributed by atoms with Crippen LogP contribution in [0.2, 0.25) is 5.02 Å². The van der Waals surface area contributed by atoms with E-state index < -0.39 is 11.7 Å². The zero-order valence-corrected chi connectivity index (χ0v) is 17.3. The predicted molar refractivity (Wildman–Crippen MR) is 112 cm³/mol. The molecule has 0 unspecified atom stereocenters. The van der Waals surface area contributed by atoms with E-state index >= 15 is 0 Å². The molecular formula is C23H20ClF3N2O2. The van der Waals surface area contributed by atoms with Gasteiger partial charge in [-0.2, -0.15) is 13.2 Å². The van der Waals surface area contributed by atoms with E-state index in [9.17, 15) is 18.0 Å². The quantitative estimate of drug-likeness (QED) is 0.516. The van der Waals surface area contributed by atoms with Crippen molar-refractivity contribution in [2.75, 3.05) is 13.1 Å². The zero-order valence-electron chi connectivity index (χ0n) is 16.5. The average Bonchev–Trinajstić information content (AvgIpc) is 3.21. The summed E-state index contributed by atoms with van der Waals surface area (Å²) in [5.41, 5.74) is 0.328. The van der Waals surface area contributed by atoms with Gasteiger partial charge in [0.15, 0.2) is 0 Å². The van der Waals surface area contributed by atoms with Crippen LogP contribution in [0, 0.1) is 0 Å². The second-order valence-electron chi connectivity index (χ2n) is 7.51. The number of halogens is 4. The van der Waals surface area contributed by atoms with Crippen molar-refractivity contribution in [2.24, 2.45) is 0 Å². The third-order valence-corrected chi connectivity index (χ3v) is 5.68. The fourth-order valence-electron chi connectivity index (χ4n) is 3.76. The molecule has 0 bridgehead atoms. The molecule has 4 rings (SSSR count). The number of alkyl halides is 3. The Labute approximate surface area is 182 Å². The molecule has 4 nitrogen and oxygen atoms in total. The van der Waals surface area contributed by atoms with E-state index in [1.807, 2.05) is 30.3 Å². The molecule has 1 saturated heterocycles. The van der Waals surface area contributed by atoms with Crippen molar-refractivity contribution in [3.63, 3.8) is 0 Å². The number of fused-ring (bicyclic) bond motifs is 1. The lowest BCUT2D eigenvalue weighted by Gasteiger charge is -2.18. The monoisotopic (exact) mass is 448 g/mol. The number of likely N-dealkylation sites (tertiary alicyclic amines) is 1. The SMILES string of the molecule is O=C(CCc1ccc(Cl)c(C(F)(F)F)c1)N1CC[C@H](Oc2cccc3cccnc23)C1. The van der Waals surface area contributed by atoms with E-state index in [2.05, 4.69) is 4.98 Å². The Morgan fingerprint density at radius 2 is 2.00 bits per heavy atom. The number of carbonyl (C=O) groups is 1. The highest BCUT2D eigenvalue weighted by Gasteiger charge is 2.33. The molecule has 0 radical (unpaired) electrons. The van der Waals surface area contributed by atoms with Gasteiger partial charge in [0, 0.05) is 31.0 Å². The molecule has 1 aliphatic heterocycles. The summed E-state index contributed by atoms with van der Waals surface area (Å²) in [6, 6.07) is 13.3. The number of pyridine rings is 1. The maximum Gasteiger partial charge on any atom is 0.417 e. The Hall–Kier alpha value is -2.80. The normalized spacial score (nSPS) is 16.6. The molecule has 162 valence electrons. The van der Waals surface area contributed by atoms with Crippen LogP contribution in [0.15, 0.2) is 54.7 Å². The molecule has 0 saturated carbocycles. The Bertz CT molecular complexity index is 1100. The summed E-state index contributed by atoms with van der Waals surface area (Å²) in [7, 11) is 0. The lowest BCUT2D eigenvalue weighted by Crippen LogP contribution is -2.31. The molecule has 31 heavy (non-hydrogen) atoms. The van der Waals surface area contributed by atoms with Gasteiger partial charge in [-0.25, -0.2) is 0 Å². The van der Waals surface area contributed by atoms with Gasteiger partial charge in [-0.15, -0.1) is 0 Å². The Morgan fingerprint density at radius 1 is 1.19 bits per heavy atom. The number of amides is 1. The van der Waals surface area contributed by atoms with Crippen LogP contribution in [-0.4, -0.2) is 35.0 Å². The first-order chi connectivity index (χ1) is 14.8. The molecule has 2 heterocycles. The van der Waals surface area contributed by atoms with Gasteiger partial charge in [0.05, 0.1) is 17.1 Å². The number of benzene rings is 2. The smallest absolute Gasteiger partial charge is 0.417 e. The first kappa shape index (κ1) is 21.4. The van der Waals surface area contributed by atoms with Crippen molar-refractivity contribution < 1.29 is 22.7 Å². The van der Waals surface area contributed by atoms with Crippen molar-refractivity contribution in [3.8, 4) is 5.75 Å². The third-order valence-electron chi connectivity index (χ3n) is 5.35. The Morgan fingerprint density at radius 3 is 2.81 bits per heavy atom. The summed E-state index contributed by atoms with van der Waals surface area (Å²) in [4.78, 5) is 18.7. The first-order valence-electron chi connectivity index (χ1n) is 9.95. The van der Waals surface area contributed by atoms with Crippen LogP contribution >= 0.6 is 11.6 Å². The minimum Gasteiger partial charge on any atom is -0.486 e. The number of para-hydroxylation sites is 1. The fourth-order valence-corrected chi connectivity index (χ4v) is 3.98. The number of aromatic nitrogens is 1. The molecule has 0 N–H and O–H groups in total. The van der Waals surface area contributed by atoms with Crippen LogP contribution in [0.3, 0.4) is 0 Å². The summed E-state index contributed by atoms with van der Waals surface area (Å²) in [5, 5.41) is 0.636. The van der Waals surface area contributed by atoms with E-state index in [4.69, 9.17) is 16.3 Å². The molecular weight excluding hydrogens is 429 g/mol. The molecule has 1 amide bonds. The van der Waals surface area contributed by atoms with E-state index in [0.717, 1.165) is 17.0 Å². The standard InChI is InChI=1S/C23H20ClF3N2O2/c24-19-8-6-15(13-18(19)23(25,26)27)7-9-21(30)29-12-10-17(14-29)31-20-5-1-3-16-4-2-11-28-22(16)20/h1-6,8,11,13,17H,7,9-10,12,14H2/t17-/m0/s1. The summed E-state index contributed by atoms with van der Waals surface area (Å²) in [5.74, 6) is 0.573. The Balaban J connectivity index is 1.35. The lowest BCUT2D eigenvalue weighted by atomic mass is 10.1. The number of ether oxygens (including phenoxy) is 1. The van der Waals surface area contributed by atoms with Gasteiger partial charge in [-0.3, -0.25) is 9.78 Å². The van der Waals surface area contributed by atoms with Crippen LogP contribution in [0.4, 0.5) is 13.2 Å². The second kappa shape index (κ2) is 8.75. The number of carbonyl (C=O) groups excluding carboxylic acids is 1. The van der Waals surface area contributed by atoms with Crippen molar-refractivity contribution in [3.05, 3.63) is 70.9 Å². The van der Waals surface area contributed by atoms with Crippen LogP contribution < -0.4 is 4.74 Å². The first-order valence-corrected chi connectivity index (χ1v) is 10.3. The van der Waals surface area contributed by atoms with E-state index in [1.54, 1.807) is 11.1 Å². The van der Waals surface area contributed by atoms with Crippen molar-refractivity contribution in [1.82, 2.24) is 9.88 Å². The summed E-state index contributed by atoms with van der Waals surface area (Å²) in [6.07, 6.45) is -1.93. The number of rotatable bonds is 5. The van der Waals surface area contributed by atoms with Gasteiger partial charge >= 0.3 is 6.18 Å². The fraction of sp³-hybridized carbons (Fsp3) is 0.304. The van der Waals surface area contributed by atoms with Crippen molar-refractivity contribution >= 4 is 28.4 Å². The molecule has 1 aromatic heterocycles. The molecule has 2 aromatic carbocycles. The molecule has 1 fully saturated rings. The molecule has 0 spiro atoms. The summed E-state index contributed by atoms with van der Waals surface area (Å²) in [6.45, 7) is 0.993.